The number of hydrogen-bond acceptors (Lipinski definition) is 4. The molecular weight excluding hydrogens is 404 g/mol. The smallest absolute Gasteiger partial charge is 0.254 e. The van der Waals surface area contributed by atoms with Gasteiger partial charge in [0.05, 0.1) is 24.9 Å². The van der Waals surface area contributed by atoms with Crippen molar-refractivity contribution >= 4 is 11.9 Å². The van der Waals surface area contributed by atoms with Crippen LogP contribution in [0, 0.1) is 5.92 Å². The molecule has 1 heterocycles. The molecule has 2 rings (SSSR count). The van der Waals surface area contributed by atoms with Crippen LogP contribution >= 0.6 is 0 Å². The Morgan fingerprint density at radius 1 is 1.16 bits per heavy atom. The van der Waals surface area contributed by atoms with Crippen LogP contribution in [-0.4, -0.2) is 67.9 Å². The summed E-state index contributed by atoms with van der Waals surface area (Å²) in [6.45, 7) is 16.6. The predicted octanol–water partition coefficient (Wildman–Crippen LogP) is 3.44. The van der Waals surface area contributed by atoms with Crippen LogP contribution in [-0.2, 0) is 16.0 Å². The maximum Gasteiger partial charge on any atom is 0.254 e. The minimum absolute atomic E-state index is 0.0612. The fourth-order valence-corrected chi connectivity index (χ4v) is 3.95. The van der Waals surface area contributed by atoms with Gasteiger partial charge in [-0.1, -0.05) is 26.0 Å². The average Bonchev–Trinajstić information content (AvgIpc) is 2.76. The molecule has 7 nitrogen and oxygen atoms in total. The molecule has 0 spiro atoms. The molecule has 0 aromatic heterocycles. The second-order valence-electron chi connectivity index (χ2n) is 8.81. The molecule has 0 aliphatic carbocycles. The summed E-state index contributed by atoms with van der Waals surface area (Å²) in [6.07, 6.45) is 1.32. The third-order valence-electron chi connectivity index (χ3n) is 5.52. The quantitative estimate of drug-likeness (QED) is 0.425. The number of benzene rings is 1. The molecule has 7 heteroatoms. The molecule has 3 atom stereocenters. The van der Waals surface area contributed by atoms with Crippen molar-refractivity contribution in [2.45, 2.75) is 72.8 Å². The highest BCUT2D eigenvalue weighted by Gasteiger charge is 2.26. The van der Waals surface area contributed by atoms with Crippen molar-refractivity contribution in [3.63, 3.8) is 0 Å². The summed E-state index contributed by atoms with van der Waals surface area (Å²) in [7, 11) is 0. The molecule has 1 fully saturated rings. The zero-order valence-corrected chi connectivity index (χ0v) is 20.7. The number of aliphatic imine (C=N–C) groups is 1. The molecule has 1 aliphatic heterocycles. The molecule has 1 aliphatic rings. The van der Waals surface area contributed by atoms with E-state index < -0.39 is 0 Å². The summed E-state index contributed by atoms with van der Waals surface area (Å²) in [6, 6.07) is 7.76. The van der Waals surface area contributed by atoms with E-state index in [9.17, 15) is 4.79 Å². The molecule has 1 saturated heterocycles. The Balaban J connectivity index is 1.91. The monoisotopic (exact) mass is 446 g/mol. The zero-order chi connectivity index (χ0) is 23.5. The van der Waals surface area contributed by atoms with Gasteiger partial charge < -0.3 is 25.0 Å². The first-order valence-corrected chi connectivity index (χ1v) is 12.0. The van der Waals surface area contributed by atoms with Gasteiger partial charge in [-0.25, -0.2) is 4.99 Å². The lowest BCUT2D eigenvalue weighted by Gasteiger charge is -2.35. The largest absolute Gasteiger partial charge is 0.378 e. The Morgan fingerprint density at radius 2 is 1.81 bits per heavy atom. The van der Waals surface area contributed by atoms with Gasteiger partial charge in [0, 0.05) is 38.3 Å². The molecule has 1 aromatic carbocycles. The Kier molecular flexibility index (Phi) is 11.0. The molecule has 32 heavy (non-hydrogen) atoms. The van der Waals surface area contributed by atoms with Crippen LogP contribution < -0.4 is 10.6 Å². The molecule has 0 saturated carbocycles. The number of nitrogens with zero attached hydrogens (tertiary/aromatic N) is 2. The van der Waals surface area contributed by atoms with Gasteiger partial charge in [0.25, 0.3) is 5.91 Å². The van der Waals surface area contributed by atoms with Crippen molar-refractivity contribution in [3.05, 3.63) is 35.4 Å². The Morgan fingerprint density at radius 3 is 2.38 bits per heavy atom. The van der Waals surface area contributed by atoms with Crippen molar-refractivity contribution in [1.29, 1.82) is 0 Å². The van der Waals surface area contributed by atoms with E-state index in [0.29, 0.717) is 31.1 Å². The normalized spacial score (nSPS) is 20.3. The topological polar surface area (TPSA) is 75.2 Å². The predicted molar refractivity (Wildman–Crippen MR) is 130 cm³/mol. The van der Waals surface area contributed by atoms with Crippen molar-refractivity contribution in [2.75, 3.05) is 32.8 Å². The Bertz CT molecular complexity index is 710. The van der Waals surface area contributed by atoms with Crippen molar-refractivity contribution < 1.29 is 14.3 Å². The minimum Gasteiger partial charge on any atom is -0.378 e. The van der Waals surface area contributed by atoms with E-state index >= 15 is 0 Å². The molecule has 0 radical (unpaired) electrons. The van der Waals surface area contributed by atoms with Gasteiger partial charge in [-0.15, -0.1) is 0 Å². The first-order valence-electron chi connectivity index (χ1n) is 12.0. The number of nitrogens with one attached hydrogen (secondary N) is 2. The molecule has 3 unspecified atom stereocenters. The van der Waals surface area contributed by atoms with E-state index in [0.717, 1.165) is 37.6 Å². The van der Waals surface area contributed by atoms with E-state index in [1.54, 1.807) is 0 Å². The fourth-order valence-electron chi connectivity index (χ4n) is 3.95. The molecule has 180 valence electrons. The highest BCUT2D eigenvalue weighted by Crippen LogP contribution is 2.15. The summed E-state index contributed by atoms with van der Waals surface area (Å²) in [4.78, 5) is 19.4. The lowest BCUT2D eigenvalue weighted by Crippen LogP contribution is -2.48. The first-order chi connectivity index (χ1) is 15.3. The lowest BCUT2D eigenvalue weighted by molar-refractivity contribution is -0.0586. The SMILES string of the molecule is CCNC(=NCc1ccc(C(=O)N2CC(C)OC(C)C2)cc1)NCCC(OCC)C(C)C. The Labute approximate surface area is 194 Å². The van der Waals surface area contributed by atoms with Gasteiger partial charge in [-0.05, 0) is 57.7 Å². The van der Waals surface area contributed by atoms with Crippen LogP contribution in [0.3, 0.4) is 0 Å². The van der Waals surface area contributed by atoms with Crippen LogP contribution in [0.5, 0.6) is 0 Å². The highest BCUT2D eigenvalue weighted by molar-refractivity contribution is 5.94. The average molecular weight is 447 g/mol. The third-order valence-corrected chi connectivity index (χ3v) is 5.52. The Hall–Kier alpha value is -2.12. The molecule has 0 bridgehead atoms. The first kappa shape index (κ1) is 26.1. The summed E-state index contributed by atoms with van der Waals surface area (Å²) >= 11 is 0. The highest BCUT2D eigenvalue weighted by atomic mass is 16.5. The number of hydrogen-bond donors (Lipinski definition) is 2. The van der Waals surface area contributed by atoms with E-state index in [1.807, 2.05) is 49.9 Å². The van der Waals surface area contributed by atoms with Crippen molar-refractivity contribution in [3.8, 4) is 0 Å². The number of guanidine groups is 1. The van der Waals surface area contributed by atoms with Gasteiger partial charge in [0.2, 0.25) is 0 Å². The molecule has 1 aromatic rings. The number of rotatable bonds is 10. The van der Waals surface area contributed by atoms with E-state index in [4.69, 9.17) is 14.5 Å². The zero-order valence-electron chi connectivity index (χ0n) is 20.7. The van der Waals surface area contributed by atoms with Crippen molar-refractivity contribution in [2.24, 2.45) is 10.9 Å². The lowest BCUT2D eigenvalue weighted by atomic mass is 10.0. The molecule has 1 amide bonds. The maximum atomic E-state index is 12.8. The number of amides is 1. The third kappa shape index (κ3) is 8.43. The van der Waals surface area contributed by atoms with Crippen LogP contribution in [0.2, 0.25) is 0 Å². The second kappa shape index (κ2) is 13.4. The number of morpholine rings is 1. The van der Waals surface area contributed by atoms with E-state index in [1.165, 1.54) is 0 Å². The minimum atomic E-state index is 0.0612. The second-order valence-corrected chi connectivity index (χ2v) is 8.81. The number of carbonyl (C=O) groups is 1. The van der Waals surface area contributed by atoms with Gasteiger partial charge in [0.15, 0.2) is 5.96 Å². The van der Waals surface area contributed by atoms with E-state index in [-0.39, 0.29) is 24.2 Å². The van der Waals surface area contributed by atoms with Crippen LogP contribution in [0.1, 0.15) is 63.9 Å². The number of carbonyl (C=O) groups excluding carboxylic acids is 1. The van der Waals surface area contributed by atoms with Gasteiger partial charge in [-0.3, -0.25) is 4.79 Å². The molecular formula is C25H42N4O3. The summed E-state index contributed by atoms with van der Waals surface area (Å²) in [5.74, 6) is 1.34. The van der Waals surface area contributed by atoms with Gasteiger partial charge >= 0.3 is 0 Å². The fraction of sp³-hybridized carbons (Fsp3) is 0.680. The standard InChI is InChI=1S/C25H42N4O3/c1-7-26-25(27-14-13-23(18(3)4)31-8-2)28-15-21-9-11-22(12-10-21)24(30)29-16-19(5)32-20(6)17-29/h9-12,18-20,23H,7-8,13-17H2,1-6H3,(H2,26,27,28). The van der Waals surface area contributed by atoms with Crippen LogP contribution in [0.4, 0.5) is 0 Å². The summed E-state index contributed by atoms with van der Waals surface area (Å²) in [5.41, 5.74) is 1.77. The van der Waals surface area contributed by atoms with Crippen LogP contribution in [0.15, 0.2) is 29.3 Å². The van der Waals surface area contributed by atoms with Crippen molar-refractivity contribution in [1.82, 2.24) is 15.5 Å². The molecule has 2 N–H and O–H groups in total. The van der Waals surface area contributed by atoms with Gasteiger partial charge in [-0.2, -0.15) is 0 Å². The van der Waals surface area contributed by atoms with Gasteiger partial charge in [0.1, 0.15) is 0 Å². The van der Waals surface area contributed by atoms with E-state index in [2.05, 4.69) is 31.4 Å². The summed E-state index contributed by atoms with van der Waals surface area (Å²) in [5, 5.41) is 6.70. The summed E-state index contributed by atoms with van der Waals surface area (Å²) < 4.78 is 11.6. The maximum absolute atomic E-state index is 12.8. The number of ether oxygens (including phenoxy) is 2. The van der Waals surface area contributed by atoms with Crippen LogP contribution in [0.25, 0.3) is 0 Å².